The zero-order valence-electron chi connectivity index (χ0n) is 18.9. The Kier molecular flexibility index (Phi) is 5.24. The summed E-state index contributed by atoms with van der Waals surface area (Å²) >= 11 is -2.55. The molecule has 5 aliphatic carbocycles. The molecular formula is C30H29Cl2Zr. The van der Waals surface area contributed by atoms with E-state index in [2.05, 4.69) is 66.7 Å². The summed E-state index contributed by atoms with van der Waals surface area (Å²) in [6.07, 6.45) is 12.6. The Balaban J connectivity index is 1.33. The number of halogens is 2. The van der Waals surface area contributed by atoms with Gasteiger partial charge < -0.3 is 0 Å². The van der Waals surface area contributed by atoms with Gasteiger partial charge in [0.15, 0.2) is 0 Å². The Morgan fingerprint density at radius 1 is 0.758 bits per heavy atom. The summed E-state index contributed by atoms with van der Waals surface area (Å²) in [5.41, 5.74) is 7.54. The molecule has 5 aliphatic rings. The number of hydrogen-bond acceptors (Lipinski definition) is 0. The van der Waals surface area contributed by atoms with Crippen molar-refractivity contribution in [3.8, 4) is 11.1 Å². The van der Waals surface area contributed by atoms with Crippen molar-refractivity contribution in [1.82, 2.24) is 0 Å². The van der Waals surface area contributed by atoms with Gasteiger partial charge in [-0.25, -0.2) is 0 Å². The molecule has 4 saturated carbocycles. The molecule has 167 valence electrons. The van der Waals surface area contributed by atoms with Gasteiger partial charge in [-0.05, 0) is 0 Å². The van der Waals surface area contributed by atoms with Crippen molar-refractivity contribution >= 4 is 33.9 Å². The number of rotatable bonds is 4. The molecule has 0 radical (unpaired) electrons. The van der Waals surface area contributed by atoms with Gasteiger partial charge in [-0.1, -0.05) is 0 Å². The van der Waals surface area contributed by atoms with E-state index in [4.69, 9.17) is 17.0 Å². The Morgan fingerprint density at radius 3 is 2.12 bits per heavy atom. The Morgan fingerprint density at radius 2 is 1.39 bits per heavy atom. The van der Waals surface area contributed by atoms with Crippen LogP contribution in [0.5, 0.6) is 0 Å². The fourth-order valence-corrected chi connectivity index (χ4v) is 13.9. The third kappa shape index (κ3) is 3.56. The molecule has 0 spiro atoms. The van der Waals surface area contributed by atoms with Gasteiger partial charge in [0.25, 0.3) is 0 Å². The second-order valence-corrected chi connectivity index (χ2v) is 20.2. The van der Waals surface area contributed by atoms with E-state index in [1.807, 2.05) is 0 Å². The van der Waals surface area contributed by atoms with E-state index >= 15 is 0 Å². The molecule has 0 amide bonds. The fourth-order valence-electron chi connectivity index (χ4n) is 8.51. The third-order valence-electron chi connectivity index (χ3n) is 9.19. The molecule has 33 heavy (non-hydrogen) atoms. The normalized spacial score (nSPS) is 31.6. The topological polar surface area (TPSA) is 0 Å². The van der Waals surface area contributed by atoms with Crippen LogP contribution in [0.2, 0.25) is 0 Å². The summed E-state index contributed by atoms with van der Waals surface area (Å²) in [6.45, 7) is 0. The minimum atomic E-state index is -2.55. The molecule has 4 fully saturated rings. The van der Waals surface area contributed by atoms with Gasteiger partial charge in [-0.3, -0.25) is 0 Å². The van der Waals surface area contributed by atoms with Gasteiger partial charge >= 0.3 is 213 Å². The zero-order valence-corrected chi connectivity index (χ0v) is 22.8. The molecule has 8 rings (SSSR count). The van der Waals surface area contributed by atoms with Crippen LogP contribution in [0.1, 0.15) is 59.7 Å². The monoisotopic (exact) mass is 549 g/mol. The zero-order chi connectivity index (χ0) is 22.2. The van der Waals surface area contributed by atoms with Crippen molar-refractivity contribution < 1.29 is 19.4 Å². The molecule has 3 aromatic rings. The summed E-state index contributed by atoms with van der Waals surface area (Å²) in [7, 11) is 13.8. The molecule has 0 N–H and O–H groups in total. The van der Waals surface area contributed by atoms with E-state index in [0.29, 0.717) is 9.04 Å². The van der Waals surface area contributed by atoms with E-state index in [1.165, 1.54) is 78.0 Å². The number of fused-ring (bicyclic) bond motifs is 2. The van der Waals surface area contributed by atoms with Gasteiger partial charge in [0.1, 0.15) is 0 Å². The van der Waals surface area contributed by atoms with E-state index < -0.39 is 19.4 Å². The Bertz CT molecular complexity index is 1230. The summed E-state index contributed by atoms with van der Waals surface area (Å²) in [4.78, 5) is 0. The number of allylic oxidation sites excluding steroid dienone is 1. The maximum atomic E-state index is 6.91. The third-order valence-corrected chi connectivity index (χ3v) is 14.5. The molecule has 1 unspecified atom stereocenters. The van der Waals surface area contributed by atoms with Crippen LogP contribution < -0.4 is 0 Å². The first kappa shape index (κ1) is 21.4. The van der Waals surface area contributed by atoms with Crippen LogP contribution in [0, 0.1) is 23.2 Å². The Labute approximate surface area is 212 Å². The van der Waals surface area contributed by atoms with Crippen molar-refractivity contribution in [2.45, 2.75) is 48.6 Å². The predicted molar refractivity (Wildman–Crippen MR) is 137 cm³/mol. The summed E-state index contributed by atoms with van der Waals surface area (Å²) in [5.74, 6) is 2.95. The fraction of sp³-hybridized carbons (Fsp3) is 0.400. The Hall–Kier alpha value is -0.877. The summed E-state index contributed by atoms with van der Waals surface area (Å²) in [5, 5.41) is 2.62. The summed E-state index contributed by atoms with van der Waals surface area (Å²) < 4.78 is 0.314. The van der Waals surface area contributed by atoms with Crippen LogP contribution in [-0.4, -0.2) is 0 Å². The average molecular weight is 552 g/mol. The quantitative estimate of drug-likeness (QED) is 0.303. The second-order valence-electron chi connectivity index (χ2n) is 11.4. The van der Waals surface area contributed by atoms with Crippen LogP contribution in [0.25, 0.3) is 28.0 Å². The van der Waals surface area contributed by atoms with Crippen molar-refractivity contribution in [1.29, 1.82) is 0 Å². The van der Waals surface area contributed by atoms with Gasteiger partial charge in [-0.15, -0.1) is 0 Å². The van der Waals surface area contributed by atoms with Crippen LogP contribution in [-0.2, 0) is 19.4 Å². The van der Waals surface area contributed by atoms with Crippen molar-refractivity contribution in [3.05, 3.63) is 77.4 Å². The molecule has 0 aromatic heterocycles. The van der Waals surface area contributed by atoms with Gasteiger partial charge in [-0.2, -0.15) is 0 Å². The molecule has 0 heterocycles. The maximum absolute atomic E-state index is 6.91. The molecule has 0 aliphatic heterocycles. The molecule has 0 nitrogen and oxygen atoms in total. The van der Waals surface area contributed by atoms with Crippen LogP contribution in [0.3, 0.4) is 0 Å². The molecule has 1 atom stereocenters. The van der Waals surface area contributed by atoms with Gasteiger partial charge in [0.2, 0.25) is 0 Å². The van der Waals surface area contributed by atoms with Crippen LogP contribution in [0.4, 0.5) is 0 Å². The average Bonchev–Trinajstić information content (AvgIpc) is 3.15. The van der Waals surface area contributed by atoms with Crippen LogP contribution >= 0.6 is 17.0 Å². The van der Waals surface area contributed by atoms with E-state index in [9.17, 15) is 0 Å². The second kappa shape index (κ2) is 8.08. The first-order chi connectivity index (χ1) is 16.1. The summed E-state index contributed by atoms with van der Waals surface area (Å²) in [6, 6.07) is 22.2. The van der Waals surface area contributed by atoms with Crippen LogP contribution in [0.15, 0.2) is 66.2 Å². The van der Waals surface area contributed by atoms with Gasteiger partial charge in [0.05, 0.1) is 0 Å². The van der Waals surface area contributed by atoms with Crippen molar-refractivity contribution in [2.75, 3.05) is 0 Å². The van der Waals surface area contributed by atoms with E-state index in [1.54, 1.807) is 5.57 Å². The molecule has 4 bridgehead atoms. The minimum absolute atomic E-state index is 0.314. The first-order valence-electron chi connectivity index (χ1n) is 12.6. The first-order valence-corrected chi connectivity index (χ1v) is 20.3. The van der Waals surface area contributed by atoms with E-state index in [-0.39, 0.29) is 0 Å². The molecular weight excluding hydrogens is 522 g/mol. The predicted octanol–water partition coefficient (Wildman–Crippen LogP) is 9.48. The SMILES string of the molecule is [Cl][Zr]([Cl])[CH]1C(CC23CC4CC(CC(C4)C2)C3)=Cc2c(-c3cccc4ccccc34)cccc21. The van der Waals surface area contributed by atoms with Gasteiger partial charge in [0, 0.05) is 0 Å². The standard InChI is InChI=1S/C30H29.2ClH.Zr/c1-2-8-26-24(5-1)6-3-9-27(26)28-10-4-7-25-14-23(15-29(25)28)19-30-16-20-11-21(17-30)13-22(12-20)18-30;;;/h1-10,14-15,20-22H,11-13,16-19H2;2*1H;/q;;;+2/p-2. The number of hydrogen-bond donors (Lipinski definition) is 0. The van der Waals surface area contributed by atoms with Crippen molar-refractivity contribution in [3.63, 3.8) is 0 Å². The van der Waals surface area contributed by atoms with Crippen molar-refractivity contribution in [2.24, 2.45) is 23.2 Å². The molecule has 3 heteroatoms. The molecule has 3 aromatic carbocycles. The number of benzene rings is 3. The molecule has 0 saturated heterocycles. The van der Waals surface area contributed by atoms with E-state index in [0.717, 1.165) is 17.8 Å².